The third kappa shape index (κ3) is 2.99. The van der Waals surface area contributed by atoms with Crippen LogP contribution in [0.3, 0.4) is 0 Å². The summed E-state index contributed by atoms with van der Waals surface area (Å²) in [6.07, 6.45) is 0. The highest BCUT2D eigenvalue weighted by Gasteiger charge is 2.30. The van der Waals surface area contributed by atoms with E-state index in [0.717, 1.165) is 0 Å². The molecular formula is C12H19N3O3S. The molecule has 1 aliphatic heterocycles. The lowest BCUT2D eigenvalue weighted by Gasteiger charge is -2.32. The van der Waals surface area contributed by atoms with Gasteiger partial charge in [-0.15, -0.1) is 0 Å². The molecule has 0 atom stereocenters. The van der Waals surface area contributed by atoms with Gasteiger partial charge in [-0.3, -0.25) is 4.31 Å². The van der Waals surface area contributed by atoms with Crippen molar-refractivity contribution >= 4 is 21.6 Å². The molecule has 1 fully saturated rings. The first-order chi connectivity index (χ1) is 9.05. The average Bonchev–Trinajstić information content (AvgIpc) is 2.42. The SMILES string of the molecule is CCN(c1ccc(N)cc1)S(=O)(=O)N1CCOCC1. The van der Waals surface area contributed by atoms with Crippen molar-refractivity contribution in [1.82, 2.24) is 4.31 Å². The van der Waals surface area contributed by atoms with Crippen molar-refractivity contribution in [3.63, 3.8) is 0 Å². The second-order valence-corrected chi connectivity index (χ2v) is 6.13. The monoisotopic (exact) mass is 285 g/mol. The Hall–Kier alpha value is -1.31. The fraction of sp³-hybridized carbons (Fsp3) is 0.500. The number of nitrogen functional groups attached to an aromatic ring is 1. The zero-order chi connectivity index (χ0) is 13.9. The molecule has 1 heterocycles. The minimum absolute atomic E-state index is 0.379. The normalized spacial score (nSPS) is 17.3. The van der Waals surface area contributed by atoms with Crippen molar-refractivity contribution in [3.05, 3.63) is 24.3 Å². The lowest BCUT2D eigenvalue weighted by atomic mass is 10.3. The van der Waals surface area contributed by atoms with Crippen LogP contribution in [0.2, 0.25) is 0 Å². The van der Waals surface area contributed by atoms with Crippen LogP contribution in [0.1, 0.15) is 6.92 Å². The predicted octanol–water partition coefficient (Wildman–Crippen LogP) is 0.672. The Kier molecular flexibility index (Phi) is 4.28. The van der Waals surface area contributed by atoms with Gasteiger partial charge in [0.05, 0.1) is 18.9 Å². The van der Waals surface area contributed by atoms with E-state index >= 15 is 0 Å². The Balaban J connectivity index is 2.27. The van der Waals surface area contributed by atoms with Crippen LogP contribution in [0.15, 0.2) is 24.3 Å². The van der Waals surface area contributed by atoms with E-state index in [4.69, 9.17) is 10.5 Å². The molecule has 0 bridgehead atoms. The van der Waals surface area contributed by atoms with E-state index in [9.17, 15) is 8.42 Å². The van der Waals surface area contributed by atoms with Gasteiger partial charge in [-0.1, -0.05) is 0 Å². The molecule has 2 N–H and O–H groups in total. The summed E-state index contributed by atoms with van der Waals surface area (Å²) in [7, 11) is -3.49. The number of nitrogens with zero attached hydrogens (tertiary/aromatic N) is 2. The van der Waals surface area contributed by atoms with Crippen molar-refractivity contribution in [3.8, 4) is 0 Å². The smallest absolute Gasteiger partial charge is 0.304 e. The first kappa shape index (κ1) is 14.1. The van der Waals surface area contributed by atoms with Gasteiger partial charge in [0.2, 0.25) is 0 Å². The van der Waals surface area contributed by atoms with Crippen LogP contribution >= 0.6 is 0 Å². The number of ether oxygens (including phenoxy) is 1. The summed E-state index contributed by atoms with van der Waals surface area (Å²) in [5.74, 6) is 0. The molecule has 7 heteroatoms. The summed E-state index contributed by atoms with van der Waals surface area (Å²) in [6.45, 7) is 3.87. The second kappa shape index (κ2) is 5.77. The number of rotatable bonds is 4. The number of hydrogen-bond acceptors (Lipinski definition) is 4. The Labute approximate surface area is 113 Å². The first-order valence-electron chi connectivity index (χ1n) is 6.27. The number of hydrogen-bond donors (Lipinski definition) is 1. The molecule has 0 saturated carbocycles. The van der Waals surface area contributed by atoms with Gasteiger partial charge in [-0.2, -0.15) is 12.7 Å². The van der Waals surface area contributed by atoms with Crippen LogP contribution in [0.4, 0.5) is 11.4 Å². The summed E-state index contributed by atoms with van der Waals surface area (Å²) < 4.78 is 33.2. The van der Waals surface area contributed by atoms with Gasteiger partial charge in [0.1, 0.15) is 0 Å². The Morgan fingerprint density at radius 2 is 1.84 bits per heavy atom. The molecule has 1 aromatic rings. The van der Waals surface area contributed by atoms with E-state index in [0.29, 0.717) is 44.2 Å². The average molecular weight is 285 g/mol. The van der Waals surface area contributed by atoms with Gasteiger partial charge in [0.15, 0.2) is 0 Å². The predicted molar refractivity (Wildman–Crippen MR) is 75.2 cm³/mol. The zero-order valence-electron chi connectivity index (χ0n) is 10.9. The molecule has 0 spiro atoms. The molecule has 2 rings (SSSR count). The lowest BCUT2D eigenvalue weighted by molar-refractivity contribution is 0.0729. The summed E-state index contributed by atoms with van der Waals surface area (Å²) >= 11 is 0. The minimum Gasteiger partial charge on any atom is -0.399 e. The number of benzene rings is 1. The van der Waals surface area contributed by atoms with E-state index in [-0.39, 0.29) is 0 Å². The molecule has 0 radical (unpaired) electrons. The van der Waals surface area contributed by atoms with Gasteiger partial charge in [0.25, 0.3) is 0 Å². The highest BCUT2D eigenvalue weighted by molar-refractivity contribution is 7.90. The van der Waals surface area contributed by atoms with E-state index < -0.39 is 10.2 Å². The van der Waals surface area contributed by atoms with Crippen LogP contribution in [0, 0.1) is 0 Å². The molecule has 106 valence electrons. The third-order valence-electron chi connectivity index (χ3n) is 3.04. The molecule has 0 amide bonds. The number of anilines is 2. The molecule has 1 saturated heterocycles. The maximum absolute atomic E-state index is 12.6. The van der Waals surface area contributed by atoms with Gasteiger partial charge in [0, 0.05) is 25.3 Å². The zero-order valence-corrected chi connectivity index (χ0v) is 11.8. The maximum Gasteiger partial charge on any atom is 0.304 e. The molecule has 0 aliphatic carbocycles. The third-order valence-corrected chi connectivity index (χ3v) is 5.09. The molecule has 0 aromatic heterocycles. The van der Waals surface area contributed by atoms with Crippen molar-refractivity contribution in [1.29, 1.82) is 0 Å². The summed E-state index contributed by atoms with van der Waals surface area (Å²) in [4.78, 5) is 0. The van der Waals surface area contributed by atoms with Crippen LogP contribution in [-0.4, -0.2) is 45.6 Å². The fourth-order valence-electron chi connectivity index (χ4n) is 2.04. The number of nitrogens with two attached hydrogens (primary N) is 1. The largest absolute Gasteiger partial charge is 0.399 e. The van der Waals surface area contributed by atoms with E-state index in [2.05, 4.69) is 0 Å². The molecular weight excluding hydrogens is 266 g/mol. The van der Waals surface area contributed by atoms with Crippen LogP contribution in [-0.2, 0) is 14.9 Å². The van der Waals surface area contributed by atoms with Crippen LogP contribution < -0.4 is 10.0 Å². The quantitative estimate of drug-likeness (QED) is 0.825. The Morgan fingerprint density at radius 3 is 2.37 bits per heavy atom. The number of morpholine rings is 1. The van der Waals surface area contributed by atoms with E-state index in [1.54, 1.807) is 24.3 Å². The molecule has 19 heavy (non-hydrogen) atoms. The van der Waals surface area contributed by atoms with Gasteiger partial charge >= 0.3 is 10.2 Å². The van der Waals surface area contributed by atoms with Crippen LogP contribution in [0.25, 0.3) is 0 Å². The molecule has 1 aliphatic rings. The minimum atomic E-state index is -3.49. The Bertz CT molecular complexity index is 510. The van der Waals surface area contributed by atoms with Crippen molar-refractivity contribution < 1.29 is 13.2 Å². The van der Waals surface area contributed by atoms with E-state index in [1.807, 2.05) is 6.92 Å². The summed E-state index contributed by atoms with van der Waals surface area (Å²) in [6, 6.07) is 6.84. The highest BCUT2D eigenvalue weighted by atomic mass is 32.2. The summed E-state index contributed by atoms with van der Waals surface area (Å²) in [5, 5.41) is 0. The van der Waals surface area contributed by atoms with Crippen molar-refractivity contribution in [2.75, 3.05) is 42.9 Å². The summed E-state index contributed by atoms with van der Waals surface area (Å²) in [5.41, 5.74) is 6.87. The maximum atomic E-state index is 12.6. The van der Waals surface area contributed by atoms with Crippen molar-refractivity contribution in [2.24, 2.45) is 0 Å². The topological polar surface area (TPSA) is 75.9 Å². The molecule has 6 nitrogen and oxygen atoms in total. The van der Waals surface area contributed by atoms with Gasteiger partial charge in [-0.05, 0) is 31.2 Å². The lowest BCUT2D eigenvalue weighted by Crippen LogP contribution is -2.48. The van der Waals surface area contributed by atoms with Gasteiger partial charge < -0.3 is 10.5 Å². The van der Waals surface area contributed by atoms with Crippen LogP contribution in [0.5, 0.6) is 0 Å². The first-order valence-corrected chi connectivity index (χ1v) is 7.66. The van der Waals surface area contributed by atoms with Crippen molar-refractivity contribution in [2.45, 2.75) is 6.92 Å². The fourth-order valence-corrected chi connectivity index (χ4v) is 3.64. The molecule has 0 unspecified atom stereocenters. The standard InChI is InChI=1S/C12H19N3O3S/c1-2-15(12-5-3-11(13)4-6-12)19(16,17)14-7-9-18-10-8-14/h3-6H,2,7-10,13H2,1H3. The molecule has 1 aromatic carbocycles. The van der Waals surface area contributed by atoms with Gasteiger partial charge in [-0.25, -0.2) is 0 Å². The second-order valence-electron chi connectivity index (χ2n) is 4.28. The Morgan fingerprint density at radius 1 is 1.26 bits per heavy atom. The van der Waals surface area contributed by atoms with E-state index in [1.165, 1.54) is 8.61 Å². The highest BCUT2D eigenvalue weighted by Crippen LogP contribution is 2.22.